The number of aromatic nitrogens is 3. The van der Waals surface area contributed by atoms with Crippen molar-refractivity contribution in [2.45, 2.75) is 37.3 Å². The lowest BCUT2D eigenvalue weighted by Gasteiger charge is -2.14. The van der Waals surface area contributed by atoms with Crippen molar-refractivity contribution in [3.63, 3.8) is 0 Å². The first-order chi connectivity index (χ1) is 8.60. The van der Waals surface area contributed by atoms with E-state index < -0.39 is 22.9 Å². The summed E-state index contributed by atoms with van der Waals surface area (Å²) in [6, 6.07) is 0. The Labute approximate surface area is 113 Å². The van der Waals surface area contributed by atoms with Crippen molar-refractivity contribution < 1.29 is 18.0 Å². The predicted octanol–water partition coefficient (Wildman–Crippen LogP) is 2.36. The molecule has 2 rings (SSSR count). The number of nitrogens with zero attached hydrogens (tertiary/aromatic N) is 4. The number of oxime groups is 1. The number of hydrogen-bond acceptors (Lipinski definition) is 5. The van der Waals surface area contributed by atoms with Crippen molar-refractivity contribution in [1.82, 2.24) is 14.8 Å². The van der Waals surface area contributed by atoms with Gasteiger partial charge in [-0.15, -0.1) is 0 Å². The van der Waals surface area contributed by atoms with Crippen LogP contribution >= 0.6 is 12.6 Å². The molecule has 1 aromatic rings. The zero-order valence-electron chi connectivity index (χ0n) is 10.6. The Bertz CT molecular complexity index is 523. The van der Waals surface area contributed by atoms with Crippen LogP contribution in [0.25, 0.3) is 0 Å². The van der Waals surface area contributed by atoms with Crippen LogP contribution in [0.1, 0.15) is 37.2 Å². The lowest BCUT2D eigenvalue weighted by Crippen LogP contribution is -2.20. The molecule has 0 aliphatic carbocycles. The van der Waals surface area contributed by atoms with Crippen molar-refractivity contribution in [2.75, 3.05) is 0 Å². The SMILES string of the molecule is Cn1nc(C(S)C2=NOC(C)(C)C2)nc1C(F)(F)F. The van der Waals surface area contributed by atoms with E-state index in [1.807, 2.05) is 13.8 Å². The Morgan fingerprint density at radius 3 is 2.47 bits per heavy atom. The van der Waals surface area contributed by atoms with Crippen LogP contribution in [0.15, 0.2) is 5.16 Å². The highest BCUT2D eigenvalue weighted by atomic mass is 32.1. The van der Waals surface area contributed by atoms with Gasteiger partial charge in [0.25, 0.3) is 0 Å². The lowest BCUT2D eigenvalue weighted by atomic mass is 10.0. The average molecular weight is 294 g/mol. The van der Waals surface area contributed by atoms with Crippen LogP contribution in [0.2, 0.25) is 0 Å². The fourth-order valence-electron chi connectivity index (χ4n) is 1.75. The fraction of sp³-hybridized carbons (Fsp3) is 0.700. The Morgan fingerprint density at radius 2 is 2.05 bits per heavy atom. The van der Waals surface area contributed by atoms with Gasteiger partial charge in [-0.1, -0.05) is 5.16 Å². The maximum atomic E-state index is 12.6. The number of thiol groups is 1. The van der Waals surface area contributed by atoms with Crippen LogP contribution in [0, 0.1) is 0 Å². The molecule has 1 atom stereocenters. The van der Waals surface area contributed by atoms with Gasteiger partial charge in [-0.25, -0.2) is 9.67 Å². The summed E-state index contributed by atoms with van der Waals surface area (Å²) in [7, 11) is 1.19. The van der Waals surface area contributed by atoms with E-state index in [9.17, 15) is 13.2 Å². The van der Waals surface area contributed by atoms with Crippen molar-refractivity contribution in [2.24, 2.45) is 12.2 Å². The van der Waals surface area contributed by atoms with Crippen molar-refractivity contribution in [3.8, 4) is 0 Å². The van der Waals surface area contributed by atoms with Gasteiger partial charge in [0.15, 0.2) is 5.82 Å². The summed E-state index contributed by atoms with van der Waals surface area (Å²) in [5, 5.41) is 6.87. The molecule has 5 nitrogen and oxygen atoms in total. The summed E-state index contributed by atoms with van der Waals surface area (Å²) in [5.41, 5.74) is 0.0467. The van der Waals surface area contributed by atoms with E-state index in [4.69, 9.17) is 4.84 Å². The number of aryl methyl sites for hydroxylation is 1. The highest BCUT2D eigenvalue weighted by Gasteiger charge is 2.39. The quantitative estimate of drug-likeness (QED) is 0.852. The second kappa shape index (κ2) is 4.39. The minimum absolute atomic E-state index is 0.0294. The maximum Gasteiger partial charge on any atom is 0.451 e. The first-order valence-electron chi connectivity index (χ1n) is 5.51. The van der Waals surface area contributed by atoms with Crippen LogP contribution in [0.4, 0.5) is 13.2 Å². The van der Waals surface area contributed by atoms with Crippen molar-refractivity contribution in [1.29, 1.82) is 0 Å². The Balaban J connectivity index is 2.24. The molecule has 0 bridgehead atoms. The summed E-state index contributed by atoms with van der Waals surface area (Å²) in [5.74, 6) is -1.08. The standard InChI is InChI=1S/C10H13F3N4OS/c1-9(2)4-5(16-18-9)6(19)7-14-8(10(11,12)13)17(3)15-7/h6,19H,4H2,1-3H3. The zero-order chi connectivity index (χ0) is 14.4. The molecule has 0 spiro atoms. The molecular formula is C10H13F3N4OS. The third kappa shape index (κ3) is 2.85. The van der Waals surface area contributed by atoms with Gasteiger partial charge < -0.3 is 4.84 Å². The molecule has 1 aromatic heterocycles. The van der Waals surface area contributed by atoms with Gasteiger partial charge in [-0.2, -0.15) is 30.9 Å². The molecular weight excluding hydrogens is 281 g/mol. The minimum atomic E-state index is -4.54. The van der Waals surface area contributed by atoms with Crippen molar-refractivity contribution >= 4 is 18.3 Å². The van der Waals surface area contributed by atoms with E-state index in [-0.39, 0.29) is 5.82 Å². The van der Waals surface area contributed by atoms with E-state index in [0.717, 1.165) is 0 Å². The summed E-state index contributed by atoms with van der Waals surface area (Å²) < 4.78 is 38.6. The van der Waals surface area contributed by atoms with E-state index in [2.05, 4.69) is 27.9 Å². The van der Waals surface area contributed by atoms with Crippen LogP contribution < -0.4 is 0 Å². The second-order valence-corrected chi connectivity index (χ2v) is 5.44. The van der Waals surface area contributed by atoms with E-state index in [1.165, 1.54) is 7.05 Å². The molecule has 9 heteroatoms. The van der Waals surface area contributed by atoms with E-state index >= 15 is 0 Å². The molecule has 1 aliphatic rings. The molecule has 0 N–H and O–H groups in total. The summed E-state index contributed by atoms with van der Waals surface area (Å²) in [6.07, 6.45) is -4.07. The highest BCUT2D eigenvalue weighted by molar-refractivity contribution is 7.81. The molecule has 19 heavy (non-hydrogen) atoms. The predicted molar refractivity (Wildman–Crippen MR) is 64.9 cm³/mol. The normalized spacial score (nSPS) is 20.1. The number of alkyl halides is 3. The molecule has 0 amide bonds. The van der Waals surface area contributed by atoms with Crippen LogP contribution in [-0.4, -0.2) is 26.1 Å². The second-order valence-electron chi connectivity index (χ2n) is 4.93. The van der Waals surface area contributed by atoms with Gasteiger partial charge in [0.05, 0.1) is 5.71 Å². The first kappa shape index (κ1) is 14.2. The molecule has 0 saturated carbocycles. The molecule has 0 aromatic carbocycles. The Kier molecular flexibility index (Phi) is 3.28. The topological polar surface area (TPSA) is 52.3 Å². The van der Waals surface area contributed by atoms with Gasteiger partial charge in [0.2, 0.25) is 5.82 Å². The van der Waals surface area contributed by atoms with Gasteiger partial charge in [0, 0.05) is 13.5 Å². The highest BCUT2D eigenvalue weighted by Crippen LogP contribution is 2.33. The summed E-state index contributed by atoms with van der Waals surface area (Å²) in [4.78, 5) is 8.64. The molecule has 0 fully saturated rings. The molecule has 106 valence electrons. The summed E-state index contributed by atoms with van der Waals surface area (Å²) >= 11 is 4.23. The first-order valence-corrected chi connectivity index (χ1v) is 6.03. The molecule has 0 radical (unpaired) electrons. The summed E-state index contributed by atoms with van der Waals surface area (Å²) in [6.45, 7) is 3.66. The van der Waals surface area contributed by atoms with Gasteiger partial charge in [-0.05, 0) is 13.8 Å². The van der Waals surface area contributed by atoms with Crippen LogP contribution in [0.5, 0.6) is 0 Å². The smallest absolute Gasteiger partial charge is 0.389 e. The van der Waals surface area contributed by atoms with E-state index in [1.54, 1.807) is 0 Å². The number of rotatable bonds is 2. The van der Waals surface area contributed by atoms with Crippen LogP contribution in [-0.2, 0) is 18.1 Å². The van der Waals surface area contributed by atoms with Gasteiger partial charge in [0.1, 0.15) is 10.9 Å². The Morgan fingerprint density at radius 1 is 1.42 bits per heavy atom. The largest absolute Gasteiger partial charge is 0.451 e. The molecule has 0 saturated heterocycles. The van der Waals surface area contributed by atoms with Crippen LogP contribution in [0.3, 0.4) is 0 Å². The maximum absolute atomic E-state index is 12.6. The Hall–Kier alpha value is -1.25. The third-order valence-electron chi connectivity index (χ3n) is 2.61. The van der Waals surface area contributed by atoms with E-state index in [0.29, 0.717) is 16.8 Å². The number of halogens is 3. The van der Waals surface area contributed by atoms with Crippen molar-refractivity contribution in [3.05, 3.63) is 11.6 Å². The number of hydrogen-bond donors (Lipinski definition) is 1. The molecule has 1 aliphatic heterocycles. The van der Waals surface area contributed by atoms with Gasteiger partial charge in [-0.3, -0.25) is 0 Å². The lowest BCUT2D eigenvalue weighted by molar-refractivity contribution is -0.147. The van der Waals surface area contributed by atoms with Gasteiger partial charge >= 0.3 is 6.18 Å². The average Bonchev–Trinajstić information content (AvgIpc) is 2.79. The fourth-order valence-corrected chi connectivity index (χ4v) is 1.99. The monoisotopic (exact) mass is 294 g/mol. The third-order valence-corrected chi connectivity index (χ3v) is 3.14. The molecule has 1 unspecified atom stereocenters. The minimum Gasteiger partial charge on any atom is -0.389 e. The zero-order valence-corrected chi connectivity index (χ0v) is 11.5. The molecule has 2 heterocycles.